The van der Waals surface area contributed by atoms with Crippen molar-refractivity contribution in [1.82, 2.24) is 15.2 Å². The standard InChI is InChI=1S/C29H36BN3O7/c1-17(2)15-20(30-39-28(37)23-13-14-24(33(23)4)29(38)40-30)16-25(35)26(18(3)34)32-27(36)22-12-8-11-21(31-22)19-9-6-5-7-10-19/h5-12,17-18,20,23-24,26,34H,13-16H2,1-4H3,(H,32,36)/t18-,20-,23-,24+,26+/m1/s1. The molecule has 40 heavy (non-hydrogen) atoms. The summed E-state index contributed by atoms with van der Waals surface area (Å²) < 4.78 is 11.3. The van der Waals surface area contributed by atoms with Gasteiger partial charge in [-0.3, -0.25) is 24.1 Å². The maximum Gasteiger partial charge on any atom is 0.602 e. The van der Waals surface area contributed by atoms with E-state index in [2.05, 4.69) is 10.3 Å². The predicted molar refractivity (Wildman–Crippen MR) is 148 cm³/mol. The highest BCUT2D eigenvalue weighted by atomic mass is 16.6. The van der Waals surface area contributed by atoms with Gasteiger partial charge in [0.15, 0.2) is 5.78 Å². The van der Waals surface area contributed by atoms with Crippen LogP contribution >= 0.6 is 0 Å². The SMILES string of the molecule is CC(C)C[C@H](CC(=O)[C@@H](NC(=O)c1cccc(-c2ccccc2)n1)[C@@H](C)O)B1OC(=O)[C@H]2CC[C@@H](C(=O)O1)N2C. The third-order valence-electron chi connectivity index (χ3n) is 7.50. The highest BCUT2D eigenvalue weighted by molar-refractivity contribution is 6.51. The molecule has 0 aliphatic carbocycles. The number of carbonyl (C=O) groups is 4. The van der Waals surface area contributed by atoms with E-state index in [1.54, 1.807) is 24.1 Å². The Hall–Kier alpha value is -3.57. The second-order valence-electron chi connectivity index (χ2n) is 11.0. The lowest BCUT2D eigenvalue weighted by atomic mass is 9.64. The van der Waals surface area contributed by atoms with Crippen molar-refractivity contribution in [2.45, 2.75) is 76.5 Å². The summed E-state index contributed by atoms with van der Waals surface area (Å²) in [4.78, 5) is 58.4. The van der Waals surface area contributed by atoms with E-state index in [1.807, 2.05) is 44.2 Å². The zero-order valence-electron chi connectivity index (χ0n) is 23.3. The van der Waals surface area contributed by atoms with Gasteiger partial charge in [0.2, 0.25) is 0 Å². The molecule has 1 aromatic heterocycles. The molecule has 2 aliphatic rings. The summed E-state index contributed by atoms with van der Waals surface area (Å²) in [5.74, 6) is -2.63. The molecule has 3 heterocycles. The number of ketones is 1. The fraction of sp³-hybridized carbons (Fsp3) is 0.483. The van der Waals surface area contributed by atoms with E-state index in [0.29, 0.717) is 25.0 Å². The molecule has 2 fully saturated rings. The minimum absolute atomic E-state index is 0.0876. The number of nitrogens with zero attached hydrogens (tertiary/aromatic N) is 2. The Morgan fingerprint density at radius 3 is 2.23 bits per heavy atom. The number of aromatic nitrogens is 1. The van der Waals surface area contributed by atoms with E-state index in [0.717, 1.165) is 5.56 Å². The van der Waals surface area contributed by atoms with Crippen molar-refractivity contribution in [2.24, 2.45) is 5.92 Å². The van der Waals surface area contributed by atoms with Gasteiger partial charge in [0.05, 0.1) is 11.8 Å². The molecule has 0 spiro atoms. The van der Waals surface area contributed by atoms with Gasteiger partial charge in [0, 0.05) is 17.8 Å². The number of carbonyl (C=O) groups excluding carboxylic acids is 4. The van der Waals surface area contributed by atoms with Crippen LogP contribution in [0.4, 0.5) is 0 Å². The molecule has 212 valence electrons. The van der Waals surface area contributed by atoms with Crippen LogP contribution in [0.15, 0.2) is 48.5 Å². The number of aliphatic hydroxyl groups is 1. The Balaban J connectivity index is 1.50. The van der Waals surface area contributed by atoms with Gasteiger partial charge >= 0.3 is 19.1 Å². The molecule has 0 radical (unpaired) electrons. The number of Topliss-reactive ketones (excluding diaryl/α,β-unsaturated/α-hetero) is 1. The van der Waals surface area contributed by atoms with Crippen LogP contribution < -0.4 is 5.32 Å². The van der Waals surface area contributed by atoms with Gasteiger partial charge in [-0.2, -0.15) is 0 Å². The Labute approximate surface area is 234 Å². The minimum atomic E-state index is -1.24. The molecule has 0 unspecified atom stereocenters. The summed E-state index contributed by atoms with van der Waals surface area (Å²) in [5, 5.41) is 13.1. The van der Waals surface area contributed by atoms with Crippen LogP contribution in [0.3, 0.4) is 0 Å². The molecule has 2 bridgehead atoms. The van der Waals surface area contributed by atoms with E-state index < -0.39 is 60.8 Å². The zero-order chi connectivity index (χ0) is 29.0. The summed E-state index contributed by atoms with van der Waals surface area (Å²) >= 11 is 0. The lowest BCUT2D eigenvalue weighted by molar-refractivity contribution is -0.151. The first-order valence-electron chi connectivity index (χ1n) is 13.7. The van der Waals surface area contributed by atoms with Gasteiger partial charge < -0.3 is 19.7 Å². The molecule has 2 saturated heterocycles. The van der Waals surface area contributed by atoms with Gasteiger partial charge in [0.25, 0.3) is 5.91 Å². The van der Waals surface area contributed by atoms with Gasteiger partial charge in [-0.25, -0.2) is 4.98 Å². The molecule has 4 rings (SSSR count). The van der Waals surface area contributed by atoms with E-state index in [4.69, 9.17) is 9.31 Å². The van der Waals surface area contributed by atoms with Gasteiger partial charge in [0.1, 0.15) is 23.8 Å². The first-order chi connectivity index (χ1) is 19.0. The molecular weight excluding hydrogens is 513 g/mol. The number of rotatable bonds is 10. The van der Waals surface area contributed by atoms with Crippen LogP contribution in [-0.4, -0.2) is 77.0 Å². The number of pyridine rings is 1. The maximum absolute atomic E-state index is 13.5. The van der Waals surface area contributed by atoms with Crippen molar-refractivity contribution in [3.05, 3.63) is 54.2 Å². The number of likely N-dealkylation sites (N-methyl/N-ethyl adjacent to an activating group) is 1. The van der Waals surface area contributed by atoms with E-state index in [1.165, 1.54) is 13.0 Å². The van der Waals surface area contributed by atoms with E-state index in [-0.39, 0.29) is 18.0 Å². The topological polar surface area (TPSA) is 135 Å². The lowest BCUT2D eigenvalue weighted by Gasteiger charge is -2.32. The predicted octanol–water partition coefficient (Wildman–Crippen LogP) is 2.65. The highest BCUT2D eigenvalue weighted by Gasteiger charge is 2.49. The molecule has 11 heteroatoms. The zero-order valence-corrected chi connectivity index (χ0v) is 23.3. The Bertz CT molecular complexity index is 1210. The number of hydrogen-bond acceptors (Lipinski definition) is 9. The molecule has 2 N–H and O–H groups in total. The monoisotopic (exact) mass is 549 g/mol. The molecule has 10 nitrogen and oxygen atoms in total. The van der Waals surface area contributed by atoms with Crippen molar-refractivity contribution < 1.29 is 33.6 Å². The highest BCUT2D eigenvalue weighted by Crippen LogP contribution is 2.33. The fourth-order valence-electron chi connectivity index (χ4n) is 5.41. The Morgan fingerprint density at radius 2 is 1.65 bits per heavy atom. The van der Waals surface area contributed by atoms with Crippen LogP contribution in [0.2, 0.25) is 5.82 Å². The molecule has 2 aliphatic heterocycles. The van der Waals surface area contributed by atoms with Crippen LogP contribution in [-0.2, 0) is 23.7 Å². The number of hydrogen-bond donors (Lipinski definition) is 2. The van der Waals surface area contributed by atoms with Crippen molar-refractivity contribution >= 4 is 30.7 Å². The number of benzene rings is 1. The normalized spacial score (nSPS) is 21.6. The summed E-state index contributed by atoms with van der Waals surface area (Å²) in [6.07, 6.45) is 0.0159. The first-order valence-corrected chi connectivity index (χ1v) is 13.7. The van der Waals surface area contributed by atoms with Gasteiger partial charge in [-0.15, -0.1) is 0 Å². The lowest BCUT2D eigenvalue weighted by Crippen LogP contribution is -2.52. The number of fused-ring (bicyclic) bond motifs is 2. The third-order valence-corrected chi connectivity index (χ3v) is 7.50. The fourth-order valence-corrected chi connectivity index (χ4v) is 5.41. The van der Waals surface area contributed by atoms with E-state index >= 15 is 0 Å². The average Bonchev–Trinajstić information content (AvgIpc) is 3.34. The van der Waals surface area contributed by atoms with E-state index in [9.17, 15) is 24.3 Å². The summed E-state index contributed by atoms with van der Waals surface area (Å²) in [5.41, 5.74) is 1.53. The van der Waals surface area contributed by atoms with Crippen LogP contribution in [0.1, 0.15) is 56.9 Å². The van der Waals surface area contributed by atoms with Crippen LogP contribution in [0.25, 0.3) is 11.3 Å². The number of amides is 1. The van der Waals surface area contributed by atoms with Gasteiger partial charge in [-0.1, -0.05) is 50.2 Å². The van der Waals surface area contributed by atoms with Crippen LogP contribution in [0, 0.1) is 5.92 Å². The molecule has 0 saturated carbocycles. The quantitative estimate of drug-likeness (QED) is 0.429. The first kappa shape index (κ1) is 29.4. The van der Waals surface area contributed by atoms with Gasteiger partial charge in [-0.05, 0) is 51.3 Å². The largest absolute Gasteiger partial charge is 0.602 e. The van der Waals surface area contributed by atoms with Crippen molar-refractivity contribution in [2.75, 3.05) is 7.05 Å². The van der Waals surface area contributed by atoms with Crippen molar-refractivity contribution in [1.29, 1.82) is 0 Å². The average molecular weight is 549 g/mol. The van der Waals surface area contributed by atoms with Crippen molar-refractivity contribution in [3.8, 4) is 11.3 Å². The summed E-state index contributed by atoms with van der Waals surface area (Å²) in [7, 11) is 0.457. The maximum atomic E-state index is 13.5. The Morgan fingerprint density at radius 1 is 1.02 bits per heavy atom. The van der Waals surface area contributed by atoms with Crippen LogP contribution in [0.5, 0.6) is 0 Å². The molecule has 2 aromatic rings. The molecule has 1 aromatic carbocycles. The second-order valence-corrected chi connectivity index (χ2v) is 11.0. The summed E-state index contributed by atoms with van der Waals surface area (Å²) in [6, 6.07) is 12.0. The second kappa shape index (κ2) is 12.7. The molecule has 1 amide bonds. The molecular formula is C29H36BN3O7. The smallest absolute Gasteiger partial charge is 0.498 e. The summed E-state index contributed by atoms with van der Waals surface area (Å²) in [6.45, 7) is 5.30. The minimum Gasteiger partial charge on any atom is -0.498 e. The molecule has 5 atom stereocenters. The third kappa shape index (κ3) is 6.76. The van der Waals surface area contributed by atoms with Crippen molar-refractivity contribution in [3.63, 3.8) is 0 Å². The Kier molecular flexibility index (Phi) is 9.37. The number of nitrogens with one attached hydrogen (secondary N) is 1. The number of aliphatic hydroxyl groups excluding tert-OH is 1.